The zero-order chi connectivity index (χ0) is 17.0. The van der Waals surface area contributed by atoms with Gasteiger partial charge in [0.25, 0.3) is 0 Å². The first kappa shape index (κ1) is 17.7. The lowest BCUT2D eigenvalue weighted by Crippen LogP contribution is -2.23. The van der Waals surface area contributed by atoms with Crippen molar-refractivity contribution in [3.05, 3.63) is 29.2 Å². The van der Waals surface area contributed by atoms with Crippen LogP contribution in [-0.4, -0.2) is 31.8 Å². The molecular formula is C17H29N5O. The summed E-state index contributed by atoms with van der Waals surface area (Å²) in [5, 5.41) is 11.6. The molecule has 0 spiro atoms. The lowest BCUT2D eigenvalue weighted by atomic mass is 9.92. The summed E-state index contributed by atoms with van der Waals surface area (Å²) in [6.45, 7) is 15.3. The molecule has 0 aliphatic rings. The van der Waals surface area contributed by atoms with Crippen LogP contribution in [0.3, 0.4) is 0 Å². The molecular weight excluding hydrogens is 290 g/mol. The van der Waals surface area contributed by atoms with Crippen LogP contribution in [0.4, 0.5) is 0 Å². The Hall–Kier alpha value is -1.69. The molecule has 0 aliphatic carbocycles. The van der Waals surface area contributed by atoms with Gasteiger partial charge in [-0.25, -0.2) is 0 Å². The first-order valence-electron chi connectivity index (χ1n) is 8.36. The Morgan fingerprint density at radius 2 is 2.00 bits per heavy atom. The Balaban J connectivity index is 1.97. The number of rotatable bonds is 7. The molecule has 2 rings (SSSR count). The van der Waals surface area contributed by atoms with Gasteiger partial charge in [0.2, 0.25) is 5.89 Å². The topological polar surface area (TPSA) is 70.8 Å². The molecule has 1 N–H and O–H groups in total. The fraction of sp³-hybridized carbons (Fsp3) is 0.706. The molecule has 0 fully saturated rings. The van der Waals surface area contributed by atoms with E-state index < -0.39 is 0 Å². The molecule has 6 nitrogen and oxygen atoms in total. The summed E-state index contributed by atoms with van der Waals surface area (Å²) < 4.78 is 5.31. The Kier molecular flexibility index (Phi) is 5.57. The molecule has 6 heteroatoms. The van der Waals surface area contributed by atoms with E-state index in [-0.39, 0.29) is 5.41 Å². The van der Waals surface area contributed by atoms with Gasteiger partial charge in [0, 0.05) is 24.1 Å². The summed E-state index contributed by atoms with van der Waals surface area (Å²) in [5.74, 6) is 1.99. The standard InChI is InChI=1S/C17H29N5O/c1-7-22(10-13-9-14(20-19-13)17(4,5)6)11-15-18-16(23-21-15)8-12(2)3/h9,12H,7-8,10-11H2,1-6H3,(H,19,20). The molecule has 0 aliphatic heterocycles. The lowest BCUT2D eigenvalue weighted by molar-refractivity contribution is 0.255. The summed E-state index contributed by atoms with van der Waals surface area (Å²) in [7, 11) is 0. The van der Waals surface area contributed by atoms with Crippen molar-refractivity contribution in [2.75, 3.05) is 6.54 Å². The van der Waals surface area contributed by atoms with E-state index in [1.807, 2.05) is 0 Å². The highest BCUT2D eigenvalue weighted by Gasteiger charge is 2.18. The molecule has 23 heavy (non-hydrogen) atoms. The van der Waals surface area contributed by atoms with E-state index in [0.717, 1.165) is 42.6 Å². The van der Waals surface area contributed by atoms with Crippen LogP contribution in [0.15, 0.2) is 10.6 Å². The number of aromatic nitrogens is 4. The van der Waals surface area contributed by atoms with Gasteiger partial charge in [0.15, 0.2) is 5.82 Å². The fourth-order valence-corrected chi connectivity index (χ4v) is 2.33. The monoisotopic (exact) mass is 319 g/mol. The van der Waals surface area contributed by atoms with Gasteiger partial charge in [-0.1, -0.05) is 46.7 Å². The second-order valence-electron chi connectivity index (χ2n) is 7.53. The van der Waals surface area contributed by atoms with Crippen LogP contribution in [0.25, 0.3) is 0 Å². The molecule has 0 aromatic carbocycles. The number of aromatic amines is 1. The van der Waals surface area contributed by atoms with Crippen LogP contribution in [0, 0.1) is 5.92 Å². The summed E-state index contributed by atoms with van der Waals surface area (Å²) >= 11 is 0. The van der Waals surface area contributed by atoms with Crippen LogP contribution in [0.2, 0.25) is 0 Å². The average molecular weight is 319 g/mol. The largest absolute Gasteiger partial charge is 0.339 e. The zero-order valence-corrected chi connectivity index (χ0v) is 15.2. The summed E-state index contributed by atoms with van der Waals surface area (Å²) in [4.78, 5) is 6.75. The first-order chi connectivity index (χ1) is 10.8. The fourth-order valence-electron chi connectivity index (χ4n) is 2.33. The highest BCUT2D eigenvalue weighted by atomic mass is 16.5. The second-order valence-corrected chi connectivity index (χ2v) is 7.53. The number of hydrogen-bond acceptors (Lipinski definition) is 5. The number of nitrogens with zero attached hydrogens (tertiary/aromatic N) is 4. The van der Waals surface area contributed by atoms with Crippen molar-refractivity contribution in [3.8, 4) is 0 Å². The van der Waals surface area contributed by atoms with Gasteiger partial charge in [-0.2, -0.15) is 10.1 Å². The quantitative estimate of drug-likeness (QED) is 0.847. The van der Waals surface area contributed by atoms with Crippen LogP contribution in [-0.2, 0) is 24.9 Å². The Morgan fingerprint density at radius 3 is 2.57 bits per heavy atom. The maximum absolute atomic E-state index is 5.31. The summed E-state index contributed by atoms with van der Waals surface area (Å²) in [6.07, 6.45) is 0.828. The number of H-pyrrole nitrogens is 1. The minimum atomic E-state index is 0.0607. The molecule has 128 valence electrons. The van der Waals surface area contributed by atoms with E-state index in [4.69, 9.17) is 4.52 Å². The average Bonchev–Trinajstić information content (AvgIpc) is 3.06. The predicted molar refractivity (Wildman–Crippen MR) is 89.9 cm³/mol. The molecule has 0 atom stereocenters. The molecule has 0 radical (unpaired) electrons. The molecule has 0 amide bonds. The molecule has 0 saturated heterocycles. The Labute approximate surface area is 138 Å². The van der Waals surface area contributed by atoms with E-state index in [9.17, 15) is 0 Å². The molecule has 0 unspecified atom stereocenters. The van der Waals surface area contributed by atoms with Gasteiger partial charge >= 0.3 is 0 Å². The first-order valence-corrected chi connectivity index (χ1v) is 8.36. The van der Waals surface area contributed by atoms with Crippen molar-refractivity contribution < 1.29 is 4.52 Å². The smallest absolute Gasteiger partial charge is 0.226 e. The molecule has 2 aromatic heterocycles. The maximum Gasteiger partial charge on any atom is 0.226 e. The van der Waals surface area contributed by atoms with E-state index in [1.165, 1.54) is 0 Å². The van der Waals surface area contributed by atoms with Gasteiger partial charge in [0.1, 0.15) is 0 Å². The van der Waals surface area contributed by atoms with E-state index >= 15 is 0 Å². The number of nitrogens with one attached hydrogen (secondary N) is 1. The Morgan fingerprint density at radius 1 is 1.26 bits per heavy atom. The third kappa shape index (κ3) is 5.16. The zero-order valence-electron chi connectivity index (χ0n) is 15.2. The lowest BCUT2D eigenvalue weighted by Gasteiger charge is -2.17. The van der Waals surface area contributed by atoms with Crippen molar-refractivity contribution >= 4 is 0 Å². The van der Waals surface area contributed by atoms with Gasteiger partial charge in [-0.15, -0.1) is 0 Å². The summed E-state index contributed by atoms with van der Waals surface area (Å²) in [5.41, 5.74) is 2.26. The summed E-state index contributed by atoms with van der Waals surface area (Å²) in [6, 6.07) is 2.14. The van der Waals surface area contributed by atoms with Crippen molar-refractivity contribution in [1.82, 2.24) is 25.2 Å². The SMILES string of the molecule is CCN(Cc1noc(CC(C)C)n1)Cc1cc(C(C)(C)C)n[nH]1. The van der Waals surface area contributed by atoms with Gasteiger partial charge < -0.3 is 4.52 Å². The molecule has 2 aromatic rings. The Bertz CT molecular complexity index is 609. The highest BCUT2D eigenvalue weighted by Crippen LogP contribution is 2.21. The van der Waals surface area contributed by atoms with Crippen LogP contribution < -0.4 is 0 Å². The minimum Gasteiger partial charge on any atom is -0.339 e. The van der Waals surface area contributed by atoms with Crippen LogP contribution >= 0.6 is 0 Å². The molecule has 2 heterocycles. The minimum absolute atomic E-state index is 0.0607. The van der Waals surface area contributed by atoms with Crippen molar-refractivity contribution in [3.63, 3.8) is 0 Å². The number of hydrogen-bond donors (Lipinski definition) is 1. The van der Waals surface area contributed by atoms with Crippen LogP contribution in [0.1, 0.15) is 64.6 Å². The van der Waals surface area contributed by atoms with Crippen molar-refractivity contribution in [2.24, 2.45) is 5.92 Å². The molecule has 0 bridgehead atoms. The normalized spacial score (nSPS) is 12.5. The third-order valence-electron chi connectivity index (χ3n) is 3.70. The predicted octanol–water partition coefficient (Wildman–Crippen LogP) is 3.31. The highest BCUT2D eigenvalue weighted by molar-refractivity contribution is 5.16. The second kappa shape index (κ2) is 7.25. The van der Waals surface area contributed by atoms with Crippen molar-refractivity contribution in [2.45, 2.75) is 66.5 Å². The molecule has 0 saturated carbocycles. The van der Waals surface area contributed by atoms with Gasteiger partial charge in [-0.3, -0.25) is 10.00 Å². The van der Waals surface area contributed by atoms with Gasteiger partial charge in [-0.05, 0) is 18.5 Å². The van der Waals surface area contributed by atoms with Crippen molar-refractivity contribution in [1.29, 1.82) is 0 Å². The third-order valence-corrected chi connectivity index (χ3v) is 3.70. The van der Waals surface area contributed by atoms with E-state index in [0.29, 0.717) is 12.5 Å². The van der Waals surface area contributed by atoms with Gasteiger partial charge in [0.05, 0.1) is 12.2 Å². The van der Waals surface area contributed by atoms with E-state index in [2.05, 4.69) is 72.8 Å². The van der Waals surface area contributed by atoms with Crippen LogP contribution in [0.5, 0.6) is 0 Å². The maximum atomic E-state index is 5.31. The van der Waals surface area contributed by atoms with E-state index in [1.54, 1.807) is 0 Å².